The van der Waals surface area contributed by atoms with Crippen LogP contribution in [0.1, 0.15) is 32.6 Å². The van der Waals surface area contributed by atoms with Crippen LogP contribution in [0.3, 0.4) is 0 Å². The first-order valence-corrected chi connectivity index (χ1v) is 5.44. The standard InChI is InChI=1S/C12H15NO2/c1-2-8-3-9-5-12(7-13,6-11(14)15)10(9)4-8/h4,9-10H,2-3,5-6H2,1H3,(H,14,15). The van der Waals surface area contributed by atoms with Crippen molar-refractivity contribution in [3.8, 4) is 6.07 Å². The van der Waals surface area contributed by atoms with E-state index in [-0.39, 0.29) is 12.3 Å². The number of allylic oxidation sites excluding steroid dienone is 2. The van der Waals surface area contributed by atoms with E-state index < -0.39 is 11.4 Å². The Hall–Kier alpha value is -1.30. The minimum atomic E-state index is -0.853. The molecule has 80 valence electrons. The number of hydrogen-bond donors (Lipinski definition) is 1. The zero-order valence-corrected chi connectivity index (χ0v) is 8.86. The fourth-order valence-corrected chi connectivity index (χ4v) is 3.06. The van der Waals surface area contributed by atoms with Gasteiger partial charge in [-0.25, -0.2) is 0 Å². The molecule has 2 rings (SSSR count). The zero-order valence-electron chi connectivity index (χ0n) is 8.86. The molecule has 0 amide bonds. The highest BCUT2D eigenvalue weighted by Crippen LogP contribution is 2.59. The van der Waals surface area contributed by atoms with E-state index in [0.29, 0.717) is 5.92 Å². The second-order valence-electron chi connectivity index (χ2n) is 4.71. The topological polar surface area (TPSA) is 61.1 Å². The second kappa shape index (κ2) is 3.37. The predicted molar refractivity (Wildman–Crippen MR) is 54.9 cm³/mol. The summed E-state index contributed by atoms with van der Waals surface area (Å²) < 4.78 is 0. The van der Waals surface area contributed by atoms with Crippen molar-refractivity contribution in [2.45, 2.75) is 32.6 Å². The summed E-state index contributed by atoms with van der Waals surface area (Å²) in [6.45, 7) is 2.11. The molecule has 0 heterocycles. The molecule has 3 nitrogen and oxygen atoms in total. The van der Waals surface area contributed by atoms with Crippen LogP contribution >= 0.6 is 0 Å². The molecule has 0 radical (unpaired) electrons. The summed E-state index contributed by atoms with van der Waals surface area (Å²) in [6.07, 6.45) is 5.02. The van der Waals surface area contributed by atoms with Crippen molar-refractivity contribution in [3.63, 3.8) is 0 Å². The Labute approximate surface area is 89.4 Å². The van der Waals surface area contributed by atoms with Gasteiger partial charge in [-0.2, -0.15) is 5.26 Å². The van der Waals surface area contributed by atoms with Gasteiger partial charge in [0.1, 0.15) is 0 Å². The number of fused-ring (bicyclic) bond motifs is 1. The summed E-state index contributed by atoms with van der Waals surface area (Å²) in [6, 6.07) is 2.24. The largest absolute Gasteiger partial charge is 0.481 e. The monoisotopic (exact) mass is 205 g/mol. The Morgan fingerprint density at radius 2 is 2.53 bits per heavy atom. The van der Waals surface area contributed by atoms with Crippen LogP contribution in [-0.4, -0.2) is 11.1 Å². The van der Waals surface area contributed by atoms with E-state index in [4.69, 9.17) is 10.4 Å². The van der Waals surface area contributed by atoms with Gasteiger partial charge in [0.25, 0.3) is 0 Å². The summed E-state index contributed by atoms with van der Waals surface area (Å²) in [4.78, 5) is 10.7. The van der Waals surface area contributed by atoms with E-state index in [1.165, 1.54) is 5.57 Å². The minimum absolute atomic E-state index is 0.00182. The van der Waals surface area contributed by atoms with Gasteiger partial charge >= 0.3 is 5.97 Å². The molecule has 2 aliphatic carbocycles. The van der Waals surface area contributed by atoms with Crippen LogP contribution < -0.4 is 0 Å². The Morgan fingerprint density at radius 3 is 3.07 bits per heavy atom. The van der Waals surface area contributed by atoms with Crippen LogP contribution in [0, 0.1) is 28.6 Å². The summed E-state index contributed by atoms with van der Waals surface area (Å²) in [5, 5.41) is 18.0. The summed E-state index contributed by atoms with van der Waals surface area (Å²) in [5.41, 5.74) is 0.792. The first-order chi connectivity index (χ1) is 7.11. The minimum Gasteiger partial charge on any atom is -0.481 e. The molecule has 3 heteroatoms. The lowest BCUT2D eigenvalue weighted by Crippen LogP contribution is -2.45. The fourth-order valence-electron chi connectivity index (χ4n) is 3.06. The molecule has 0 aliphatic heterocycles. The molecule has 3 unspecified atom stereocenters. The quantitative estimate of drug-likeness (QED) is 0.719. The van der Waals surface area contributed by atoms with E-state index in [1.54, 1.807) is 0 Å². The first-order valence-electron chi connectivity index (χ1n) is 5.44. The lowest BCUT2D eigenvalue weighted by Gasteiger charge is -2.46. The first kappa shape index (κ1) is 10.2. The van der Waals surface area contributed by atoms with Gasteiger partial charge in [0.05, 0.1) is 17.9 Å². The number of nitriles is 1. The van der Waals surface area contributed by atoms with Crippen molar-refractivity contribution in [1.29, 1.82) is 5.26 Å². The van der Waals surface area contributed by atoms with Gasteiger partial charge in [0.2, 0.25) is 0 Å². The Morgan fingerprint density at radius 1 is 1.80 bits per heavy atom. The van der Waals surface area contributed by atoms with Crippen LogP contribution in [-0.2, 0) is 4.79 Å². The zero-order chi connectivity index (χ0) is 11.1. The fraction of sp³-hybridized carbons (Fsp3) is 0.667. The van der Waals surface area contributed by atoms with Crippen molar-refractivity contribution in [1.82, 2.24) is 0 Å². The SMILES string of the molecule is CCC1=CC2C(C1)CC2(C#N)CC(=O)O. The van der Waals surface area contributed by atoms with Gasteiger partial charge in [0, 0.05) is 0 Å². The highest BCUT2D eigenvalue weighted by Gasteiger charge is 2.56. The predicted octanol–water partition coefficient (Wildman–Crippen LogP) is 2.35. The number of aliphatic carboxylic acids is 1. The molecule has 2 aliphatic rings. The van der Waals surface area contributed by atoms with Gasteiger partial charge < -0.3 is 5.11 Å². The second-order valence-corrected chi connectivity index (χ2v) is 4.71. The maximum atomic E-state index is 10.7. The number of nitrogens with zero attached hydrogens (tertiary/aromatic N) is 1. The molecule has 3 atom stereocenters. The Bertz CT molecular complexity index is 366. The highest BCUT2D eigenvalue weighted by atomic mass is 16.4. The van der Waals surface area contributed by atoms with Crippen molar-refractivity contribution < 1.29 is 9.90 Å². The average Bonchev–Trinajstić information content (AvgIpc) is 2.53. The molecule has 0 saturated heterocycles. The maximum Gasteiger partial charge on any atom is 0.304 e. The third kappa shape index (κ3) is 1.45. The van der Waals surface area contributed by atoms with E-state index in [0.717, 1.165) is 19.3 Å². The van der Waals surface area contributed by atoms with Crippen LogP contribution in [0.2, 0.25) is 0 Å². The Balaban J connectivity index is 2.16. The van der Waals surface area contributed by atoms with E-state index in [9.17, 15) is 4.79 Å². The molecule has 15 heavy (non-hydrogen) atoms. The maximum absolute atomic E-state index is 10.7. The highest BCUT2D eigenvalue weighted by molar-refractivity contribution is 5.69. The lowest BCUT2D eigenvalue weighted by molar-refractivity contribution is -0.142. The van der Waals surface area contributed by atoms with Gasteiger partial charge in [-0.3, -0.25) is 4.79 Å². The van der Waals surface area contributed by atoms with E-state index in [1.807, 2.05) is 0 Å². The molecule has 0 spiro atoms. The van der Waals surface area contributed by atoms with Gasteiger partial charge in [-0.15, -0.1) is 0 Å². The molecule has 0 bridgehead atoms. The van der Waals surface area contributed by atoms with Gasteiger partial charge in [-0.05, 0) is 31.1 Å². The third-order valence-electron chi connectivity index (χ3n) is 3.86. The van der Waals surface area contributed by atoms with Crippen LogP contribution in [0.25, 0.3) is 0 Å². The molecule has 0 aromatic carbocycles. The van der Waals surface area contributed by atoms with E-state index in [2.05, 4.69) is 19.1 Å². The smallest absolute Gasteiger partial charge is 0.304 e. The van der Waals surface area contributed by atoms with Crippen LogP contribution in [0.4, 0.5) is 0 Å². The Kier molecular flexibility index (Phi) is 2.30. The molecule has 1 saturated carbocycles. The lowest BCUT2D eigenvalue weighted by atomic mass is 9.54. The van der Waals surface area contributed by atoms with Crippen molar-refractivity contribution in [2.24, 2.45) is 17.3 Å². The summed E-state index contributed by atoms with van der Waals surface area (Å²) in [7, 11) is 0. The average molecular weight is 205 g/mol. The van der Waals surface area contributed by atoms with E-state index >= 15 is 0 Å². The summed E-state index contributed by atoms with van der Waals surface area (Å²) in [5.74, 6) is -0.110. The molecule has 0 aromatic rings. The normalized spacial score (nSPS) is 37.5. The van der Waals surface area contributed by atoms with Crippen molar-refractivity contribution in [3.05, 3.63) is 11.6 Å². The van der Waals surface area contributed by atoms with Gasteiger partial charge in [0.15, 0.2) is 0 Å². The van der Waals surface area contributed by atoms with Crippen molar-refractivity contribution >= 4 is 5.97 Å². The summed E-state index contributed by atoms with van der Waals surface area (Å²) >= 11 is 0. The van der Waals surface area contributed by atoms with Crippen molar-refractivity contribution in [2.75, 3.05) is 0 Å². The molecule has 1 N–H and O–H groups in total. The molecular weight excluding hydrogens is 190 g/mol. The molecule has 0 aromatic heterocycles. The number of rotatable bonds is 3. The van der Waals surface area contributed by atoms with Gasteiger partial charge in [-0.1, -0.05) is 18.6 Å². The molecule has 1 fully saturated rings. The number of hydrogen-bond acceptors (Lipinski definition) is 2. The van der Waals surface area contributed by atoms with Crippen LogP contribution in [0.5, 0.6) is 0 Å². The van der Waals surface area contributed by atoms with Crippen LogP contribution in [0.15, 0.2) is 11.6 Å². The number of carboxylic acid groups (broad SMARTS) is 1. The number of carboxylic acids is 1. The number of carbonyl (C=O) groups is 1. The molecular formula is C12H15NO2. The third-order valence-corrected chi connectivity index (χ3v) is 3.86.